The molecule has 0 spiro atoms. The topological polar surface area (TPSA) is 20.3 Å². The van der Waals surface area contributed by atoms with E-state index in [0.29, 0.717) is 6.42 Å². The number of halogens is 1. The molecule has 0 saturated carbocycles. The number of benzene rings is 1. The molecule has 0 fully saturated rings. The van der Waals surface area contributed by atoms with Crippen LogP contribution in [0, 0.1) is 6.92 Å². The Kier molecular flexibility index (Phi) is 6.41. The largest absolute Gasteiger partial charge is 0.339 e. The van der Waals surface area contributed by atoms with Crippen LogP contribution in [0.3, 0.4) is 0 Å². The normalized spacial score (nSPS) is 10.7. The molecule has 1 amide bonds. The SMILES string of the molecule is Cc1ccccc1CCC(=O)N(CCBr)C(C)C. The number of hydrogen-bond donors (Lipinski definition) is 0. The third-order valence-electron chi connectivity index (χ3n) is 3.14. The fraction of sp³-hybridized carbons (Fsp3) is 0.533. The van der Waals surface area contributed by atoms with Crippen molar-refractivity contribution in [2.75, 3.05) is 11.9 Å². The third-order valence-corrected chi connectivity index (χ3v) is 3.49. The molecule has 3 heteroatoms. The van der Waals surface area contributed by atoms with Gasteiger partial charge in [-0.1, -0.05) is 40.2 Å². The highest BCUT2D eigenvalue weighted by molar-refractivity contribution is 9.09. The average Bonchev–Trinajstić information content (AvgIpc) is 2.34. The van der Waals surface area contributed by atoms with Crippen molar-refractivity contribution in [2.24, 2.45) is 0 Å². The van der Waals surface area contributed by atoms with Crippen molar-refractivity contribution in [3.05, 3.63) is 35.4 Å². The number of nitrogens with zero attached hydrogens (tertiary/aromatic N) is 1. The van der Waals surface area contributed by atoms with Gasteiger partial charge in [0.15, 0.2) is 0 Å². The molecule has 0 saturated heterocycles. The molecular formula is C15H22BrNO. The van der Waals surface area contributed by atoms with Gasteiger partial charge in [-0.3, -0.25) is 4.79 Å². The van der Waals surface area contributed by atoms with Gasteiger partial charge >= 0.3 is 0 Å². The van der Waals surface area contributed by atoms with E-state index in [1.165, 1.54) is 11.1 Å². The van der Waals surface area contributed by atoms with Crippen LogP contribution in [-0.4, -0.2) is 28.7 Å². The van der Waals surface area contributed by atoms with E-state index in [1.54, 1.807) is 0 Å². The molecule has 0 unspecified atom stereocenters. The van der Waals surface area contributed by atoms with E-state index >= 15 is 0 Å². The Bertz CT molecular complexity index is 390. The minimum absolute atomic E-state index is 0.243. The van der Waals surface area contributed by atoms with Gasteiger partial charge in [-0.2, -0.15) is 0 Å². The second-order valence-corrected chi connectivity index (χ2v) is 5.59. The summed E-state index contributed by atoms with van der Waals surface area (Å²) in [5.74, 6) is 0.243. The fourth-order valence-corrected chi connectivity index (χ4v) is 2.42. The van der Waals surface area contributed by atoms with Crippen LogP contribution >= 0.6 is 15.9 Å². The Balaban J connectivity index is 2.57. The van der Waals surface area contributed by atoms with E-state index in [-0.39, 0.29) is 11.9 Å². The zero-order chi connectivity index (χ0) is 13.5. The maximum atomic E-state index is 12.2. The van der Waals surface area contributed by atoms with Crippen molar-refractivity contribution < 1.29 is 4.79 Å². The van der Waals surface area contributed by atoms with Crippen LogP contribution in [-0.2, 0) is 11.2 Å². The first-order chi connectivity index (χ1) is 8.56. The van der Waals surface area contributed by atoms with E-state index in [0.717, 1.165) is 18.3 Å². The molecule has 0 aliphatic heterocycles. The summed E-state index contributed by atoms with van der Waals surface area (Å²) in [5.41, 5.74) is 2.54. The fourth-order valence-electron chi connectivity index (χ4n) is 2.04. The first-order valence-electron chi connectivity index (χ1n) is 6.46. The van der Waals surface area contributed by atoms with E-state index in [2.05, 4.69) is 48.8 Å². The van der Waals surface area contributed by atoms with Gasteiger partial charge in [0.2, 0.25) is 5.91 Å². The van der Waals surface area contributed by atoms with Gasteiger partial charge in [-0.05, 0) is 38.3 Å². The molecule has 0 bridgehead atoms. The molecule has 0 atom stereocenters. The molecule has 1 aromatic rings. The lowest BCUT2D eigenvalue weighted by molar-refractivity contribution is -0.132. The summed E-state index contributed by atoms with van der Waals surface area (Å²) < 4.78 is 0. The van der Waals surface area contributed by atoms with Crippen molar-refractivity contribution in [1.82, 2.24) is 4.90 Å². The zero-order valence-corrected chi connectivity index (χ0v) is 13.0. The lowest BCUT2D eigenvalue weighted by Crippen LogP contribution is -2.38. The molecule has 18 heavy (non-hydrogen) atoms. The van der Waals surface area contributed by atoms with E-state index in [1.807, 2.05) is 17.0 Å². The van der Waals surface area contributed by atoms with Gasteiger partial charge in [0.25, 0.3) is 0 Å². The summed E-state index contributed by atoms with van der Waals surface area (Å²) in [5, 5.41) is 0.835. The molecule has 100 valence electrons. The number of aryl methyl sites for hydroxylation is 2. The predicted molar refractivity (Wildman–Crippen MR) is 80.1 cm³/mol. The minimum atomic E-state index is 0.243. The molecule has 0 N–H and O–H groups in total. The zero-order valence-electron chi connectivity index (χ0n) is 11.4. The van der Waals surface area contributed by atoms with Crippen molar-refractivity contribution in [1.29, 1.82) is 0 Å². The summed E-state index contributed by atoms with van der Waals surface area (Å²) in [6, 6.07) is 8.54. The second-order valence-electron chi connectivity index (χ2n) is 4.80. The molecule has 2 nitrogen and oxygen atoms in total. The van der Waals surface area contributed by atoms with Crippen LogP contribution in [0.5, 0.6) is 0 Å². The monoisotopic (exact) mass is 311 g/mol. The van der Waals surface area contributed by atoms with Crippen LogP contribution in [0.1, 0.15) is 31.4 Å². The van der Waals surface area contributed by atoms with Crippen molar-refractivity contribution in [3.63, 3.8) is 0 Å². The first kappa shape index (κ1) is 15.2. The Morgan fingerprint density at radius 2 is 2.00 bits per heavy atom. The Morgan fingerprint density at radius 3 is 2.56 bits per heavy atom. The van der Waals surface area contributed by atoms with Gasteiger partial charge < -0.3 is 4.90 Å². The highest BCUT2D eigenvalue weighted by Crippen LogP contribution is 2.11. The number of carbonyl (C=O) groups excluding carboxylic acids is 1. The third kappa shape index (κ3) is 4.45. The number of alkyl halides is 1. The Hall–Kier alpha value is -0.830. The number of amides is 1. The van der Waals surface area contributed by atoms with Crippen LogP contribution in [0.25, 0.3) is 0 Å². The Labute approximate surface area is 119 Å². The van der Waals surface area contributed by atoms with Gasteiger partial charge in [0.1, 0.15) is 0 Å². The molecule has 0 heterocycles. The molecule has 0 aromatic heterocycles. The molecule has 0 aliphatic carbocycles. The minimum Gasteiger partial charge on any atom is -0.339 e. The maximum absolute atomic E-state index is 12.2. The van der Waals surface area contributed by atoms with Gasteiger partial charge in [-0.25, -0.2) is 0 Å². The van der Waals surface area contributed by atoms with Gasteiger partial charge in [-0.15, -0.1) is 0 Å². The van der Waals surface area contributed by atoms with Crippen LogP contribution in [0.4, 0.5) is 0 Å². The van der Waals surface area contributed by atoms with Crippen molar-refractivity contribution in [2.45, 2.75) is 39.7 Å². The average molecular weight is 312 g/mol. The number of hydrogen-bond acceptors (Lipinski definition) is 1. The first-order valence-corrected chi connectivity index (χ1v) is 7.58. The summed E-state index contributed by atoms with van der Waals surface area (Å²) >= 11 is 3.40. The lowest BCUT2D eigenvalue weighted by Gasteiger charge is -2.26. The summed E-state index contributed by atoms with van der Waals surface area (Å²) in [6.45, 7) is 7.01. The van der Waals surface area contributed by atoms with Crippen LogP contribution in [0.15, 0.2) is 24.3 Å². The van der Waals surface area contributed by atoms with Crippen LogP contribution < -0.4 is 0 Å². The highest BCUT2D eigenvalue weighted by atomic mass is 79.9. The molecule has 1 aromatic carbocycles. The van der Waals surface area contributed by atoms with Crippen molar-refractivity contribution in [3.8, 4) is 0 Å². The van der Waals surface area contributed by atoms with E-state index < -0.39 is 0 Å². The lowest BCUT2D eigenvalue weighted by atomic mass is 10.0. The summed E-state index contributed by atoms with van der Waals surface area (Å²) in [4.78, 5) is 14.1. The molecule has 0 aliphatic rings. The molecular weight excluding hydrogens is 290 g/mol. The van der Waals surface area contributed by atoms with Crippen molar-refractivity contribution >= 4 is 21.8 Å². The summed E-state index contributed by atoms with van der Waals surface area (Å²) in [7, 11) is 0. The molecule has 0 radical (unpaired) electrons. The standard InChI is InChI=1S/C15H22BrNO/c1-12(2)17(11-10-16)15(18)9-8-14-7-5-4-6-13(14)3/h4-7,12H,8-11H2,1-3H3. The molecule has 1 rings (SSSR count). The number of carbonyl (C=O) groups is 1. The predicted octanol–water partition coefficient (Wildman–Crippen LogP) is 3.56. The maximum Gasteiger partial charge on any atom is 0.223 e. The Morgan fingerprint density at radius 1 is 1.33 bits per heavy atom. The smallest absolute Gasteiger partial charge is 0.223 e. The second kappa shape index (κ2) is 7.57. The van der Waals surface area contributed by atoms with E-state index in [4.69, 9.17) is 0 Å². The summed E-state index contributed by atoms with van der Waals surface area (Å²) in [6.07, 6.45) is 1.42. The highest BCUT2D eigenvalue weighted by Gasteiger charge is 2.15. The van der Waals surface area contributed by atoms with Crippen LogP contribution in [0.2, 0.25) is 0 Å². The van der Waals surface area contributed by atoms with Gasteiger partial charge in [0, 0.05) is 24.3 Å². The quantitative estimate of drug-likeness (QED) is 0.736. The van der Waals surface area contributed by atoms with E-state index in [9.17, 15) is 4.79 Å². The van der Waals surface area contributed by atoms with Gasteiger partial charge in [0.05, 0.1) is 0 Å². The number of rotatable bonds is 6.